The Kier molecular flexibility index (Phi) is 6.24. The quantitative estimate of drug-likeness (QED) is 0.808. The minimum absolute atomic E-state index is 0.0730. The van der Waals surface area contributed by atoms with Gasteiger partial charge in [-0.05, 0) is 62.8 Å². The molecule has 1 fully saturated rings. The number of halogens is 1. The van der Waals surface area contributed by atoms with Crippen LogP contribution >= 0.6 is 11.6 Å². The van der Waals surface area contributed by atoms with Crippen molar-refractivity contribution in [1.29, 1.82) is 0 Å². The van der Waals surface area contributed by atoms with Crippen molar-refractivity contribution in [2.45, 2.75) is 39.0 Å². The number of hydrogen-bond donors (Lipinski definition) is 1. The lowest BCUT2D eigenvalue weighted by Crippen LogP contribution is -2.52. The molecule has 0 aromatic heterocycles. The first kappa shape index (κ1) is 18.1. The van der Waals surface area contributed by atoms with E-state index >= 15 is 0 Å². The normalized spacial score (nSPS) is 18.1. The Morgan fingerprint density at radius 3 is 2.68 bits per heavy atom. The maximum absolute atomic E-state index is 12.4. The Hall–Kier alpha value is -1.68. The zero-order chi connectivity index (χ0) is 17.6. The number of amides is 2. The minimum Gasteiger partial charge on any atom is -0.368 e. The van der Waals surface area contributed by atoms with Gasteiger partial charge < -0.3 is 15.1 Å². The molecule has 1 saturated heterocycles. The molecule has 5 heteroatoms. The monoisotopic (exact) mass is 361 g/mol. The van der Waals surface area contributed by atoms with Crippen LogP contribution in [0.2, 0.25) is 5.02 Å². The number of allylic oxidation sites excluding steroid dienone is 1. The van der Waals surface area contributed by atoms with Gasteiger partial charge in [0.25, 0.3) is 0 Å². The molecule has 1 aromatic rings. The Morgan fingerprint density at radius 1 is 1.20 bits per heavy atom. The Morgan fingerprint density at radius 2 is 2.00 bits per heavy atom. The molecule has 1 aliphatic heterocycles. The van der Waals surface area contributed by atoms with Crippen LogP contribution in [0.5, 0.6) is 0 Å². The number of aryl methyl sites for hydroxylation is 1. The number of anilines is 1. The van der Waals surface area contributed by atoms with E-state index in [1.54, 1.807) is 0 Å². The first-order valence-corrected chi connectivity index (χ1v) is 9.73. The van der Waals surface area contributed by atoms with E-state index < -0.39 is 0 Å². The smallest absolute Gasteiger partial charge is 0.317 e. The molecule has 2 aliphatic rings. The lowest BCUT2D eigenvalue weighted by molar-refractivity contribution is 0.194. The van der Waals surface area contributed by atoms with Crippen molar-refractivity contribution in [3.05, 3.63) is 40.4 Å². The highest BCUT2D eigenvalue weighted by Gasteiger charge is 2.21. The molecule has 0 atom stereocenters. The van der Waals surface area contributed by atoms with Crippen LogP contribution in [0, 0.1) is 6.92 Å². The molecular formula is C20H28ClN3O. The lowest BCUT2D eigenvalue weighted by Gasteiger charge is -2.36. The molecule has 1 N–H and O–H groups in total. The third-order valence-corrected chi connectivity index (χ3v) is 5.41. The molecule has 1 aliphatic carbocycles. The van der Waals surface area contributed by atoms with Gasteiger partial charge in [-0.3, -0.25) is 0 Å². The lowest BCUT2D eigenvalue weighted by atomic mass is 9.97. The van der Waals surface area contributed by atoms with E-state index in [-0.39, 0.29) is 6.03 Å². The first-order valence-electron chi connectivity index (χ1n) is 9.35. The van der Waals surface area contributed by atoms with E-state index in [2.05, 4.69) is 29.3 Å². The zero-order valence-electron chi connectivity index (χ0n) is 15.1. The summed E-state index contributed by atoms with van der Waals surface area (Å²) < 4.78 is 0. The number of rotatable bonds is 4. The van der Waals surface area contributed by atoms with Gasteiger partial charge in [0.05, 0.1) is 0 Å². The third kappa shape index (κ3) is 4.91. The summed E-state index contributed by atoms with van der Waals surface area (Å²) in [6.45, 7) is 6.08. The Labute approximate surface area is 155 Å². The van der Waals surface area contributed by atoms with Crippen LogP contribution in [-0.2, 0) is 0 Å². The first-order chi connectivity index (χ1) is 12.1. The van der Waals surface area contributed by atoms with Crippen LogP contribution in [0.15, 0.2) is 29.8 Å². The van der Waals surface area contributed by atoms with E-state index in [0.717, 1.165) is 44.2 Å². The molecule has 0 bridgehead atoms. The van der Waals surface area contributed by atoms with Crippen molar-refractivity contribution in [2.75, 3.05) is 37.6 Å². The van der Waals surface area contributed by atoms with Crippen LogP contribution in [0.4, 0.5) is 10.5 Å². The SMILES string of the molecule is Cc1cc(Cl)ccc1N1CCN(C(=O)NCCC2=CCCCC2)CC1. The van der Waals surface area contributed by atoms with Crippen LogP contribution in [0.1, 0.15) is 37.7 Å². The fourth-order valence-corrected chi connectivity index (χ4v) is 3.92. The van der Waals surface area contributed by atoms with E-state index in [4.69, 9.17) is 11.6 Å². The number of carbonyl (C=O) groups is 1. The van der Waals surface area contributed by atoms with Gasteiger partial charge in [0, 0.05) is 43.4 Å². The number of carbonyl (C=O) groups excluding carboxylic acids is 1. The van der Waals surface area contributed by atoms with Gasteiger partial charge in [-0.15, -0.1) is 0 Å². The molecule has 3 rings (SSSR count). The van der Waals surface area contributed by atoms with Crippen LogP contribution in [0.3, 0.4) is 0 Å². The average Bonchev–Trinajstić information content (AvgIpc) is 2.63. The van der Waals surface area contributed by atoms with Gasteiger partial charge >= 0.3 is 6.03 Å². The molecular weight excluding hydrogens is 334 g/mol. The van der Waals surface area contributed by atoms with Crippen molar-refractivity contribution in [1.82, 2.24) is 10.2 Å². The number of benzene rings is 1. The second-order valence-corrected chi connectivity index (χ2v) is 7.43. The molecule has 4 nitrogen and oxygen atoms in total. The van der Waals surface area contributed by atoms with Crippen LogP contribution in [0.25, 0.3) is 0 Å². The molecule has 0 spiro atoms. The summed E-state index contributed by atoms with van der Waals surface area (Å²) in [6.07, 6.45) is 8.36. The van der Waals surface area contributed by atoms with E-state index in [0.29, 0.717) is 0 Å². The topological polar surface area (TPSA) is 35.6 Å². The predicted molar refractivity (Wildman–Crippen MR) is 105 cm³/mol. The Bertz CT molecular complexity index is 636. The van der Waals surface area contributed by atoms with Crippen molar-refractivity contribution in [3.8, 4) is 0 Å². The molecule has 0 saturated carbocycles. The van der Waals surface area contributed by atoms with E-state index in [9.17, 15) is 4.79 Å². The van der Waals surface area contributed by atoms with Gasteiger partial charge in [-0.2, -0.15) is 0 Å². The maximum Gasteiger partial charge on any atom is 0.317 e. The number of urea groups is 1. The van der Waals surface area contributed by atoms with Crippen LogP contribution in [-0.4, -0.2) is 43.7 Å². The van der Waals surface area contributed by atoms with Crippen molar-refractivity contribution >= 4 is 23.3 Å². The largest absolute Gasteiger partial charge is 0.368 e. The minimum atomic E-state index is 0.0730. The summed E-state index contributed by atoms with van der Waals surface area (Å²) >= 11 is 6.04. The zero-order valence-corrected chi connectivity index (χ0v) is 15.8. The maximum atomic E-state index is 12.4. The highest BCUT2D eigenvalue weighted by Crippen LogP contribution is 2.24. The van der Waals surface area contributed by atoms with Gasteiger partial charge in [-0.1, -0.05) is 23.3 Å². The average molecular weight is 362 g/mol. The highest BCUT2D eigenvalue weighted by atomic mass is 35.5. The summed E-state index contributed by atoms with van der Waals surface area (Å²) in [5, 5.41) is 3.85. The van der Waals surface area contributed by atoms with Crippen molar-refractivity contribution in [2.24, 2.45) is 0 Å². The molecule has 2 amide bonds. The summed E-state index contributed by atoms with van der Waals surface area (Å²) in [5.74, 6) is 0. The second-order valence-electron chi connectivity index (χ2n) is 6.99. The Balaban J connectivity index is 1.43. The summed E-state index contributed by atoms with van der Waals surface area (Å²) in [5.41, 5.74) is 3.91. The van der Waals surface area contributed by atoms with Crippen molar-refractivity contribution < 1.29 is 4.79 Å². The molecule has 0 unspecified atom stereocenters. The van der Waals surface area contributed by atoms with Crippen LogP contribution < -0.4 is 10.2 Å². The molecule has 25 heavy (non-hydrogen) atoms. The standard InChI is InChI=1S/C20H28ClN3O/c1-16-15-18(21)7-8-19(16)23-11-13-24(14-12-23)20(25)22-10-9-17-5-3-2-4-6-17/h5,7-8,15H,2-4,6,9-14H2,1H3,(H,22,25). The summed E-state index contributed by atoms with van der Waals surface area (Å²) in [6, 6.07) is 6.08. The predicted octanol–water partition coefficient (Wildman–Crippen LogP) is 4.37. The number of nitrogens with zero attached hydrogens (tertiary/aromatic N) is 2. The van der Waals surface area contributed by atoms with Crippen molar-refractivity contribution in [3.63, 3.8) is 0 Å². The molecule has 1 heterocycles. The van der Waals surface area contributed by atoms with Gasteiger partial charge in [0.2, 0.25) is 0 Å². The molecule has 0 radical (unpaired) electrons. The third-order valence-electron chi connectivity index (χ3n) is 5.17. The van der Waals surface area contributed by atoms with Gasteiger partial charge in [0.15, 0.2) is 0 Å². The van der Waals surface area contributed by atoms with Gasteiger partial charge in [0.1, 0.15) is 0 Å². The molecule has 136 valence electrons. The second kappa shape index (κ2) is 8.61. The van der Waals surface area contributed by atoms with Gasteiger partial charge in [-0.25, -0.2) is 4.79 Å². The fraction of sp³-hybridized carbons (Fsp3) is 0.550. The van der Waals surface area contributed by atoms with E-state index in [1.807, 2.05) is 17.0 Å². The summed E-state index contributed by atoms with van der Waals surface area (Å²) in [4.78, 5) is 16.6. The number of piperazine rings is 1. The summed E-state index contributed by atoms with van der Waals surface area (Å²) in [7, 11) is 0. The molecule has 1 aromatic carbocycles. The fourth-order valence-electron chi connectivity index (χ4n) is 3.70. The number of nitrogens with one attached hydrogen (secondary N) is 1. The highest BCUT2D eigenvalue weighted by molar-refractivity contribution is 6.30. The number of hydrogen-bond acceptors (Lipinski definition) is 2. The van der Waals surface area contributed by atoms with E-state index in [1.165, 1.54) is 42.5 Å².